The first-order valence-electron chi connectivity index (χ1n) is 4.11. The van der Waals surface area contributed by atoms with Gasteiger partial charge in [-0.1, -0.05) is 20.3 Å². The molecule has 0 aromatic heterocycles. The zero-order valence-electron chi connectivity index (χ0n) is 7.63. The molecule has 0 atom stereocenters. The number of hydrogen-bond acceptors (Lipinski definition) is 2. The summed E-state index contributed by atoms with van der Waals surface area (Å²) in [4.78, 5) is 4.14. The van der Waals surface area contributed by atoms with E-state index in [1.54, 1.807) is 7.11 Å². The Morgan fingerprint density at radius 1 is 1.45 bits per heavy atom. The third-order valence-electron chi connectivity index (χ3n) is 1.22. The molecule has 11 heavy (non-hydrogen) atoms. The third-order valence-corrected chi connectivity index (χ3v) is 1.22. The Morgan fingerprint density at radius 2 is 2.18 bits per heavy atom. The minimum absolute atomic E-state index is 0.723. The normalized spacial score (nSPS) is 12.5. The number of unbranched alkanes of at least 4 members (excludes halogenated alkanes) is 1. The standard InChI is InChI=1S/C9H17NO/c1-4-6-8-10-9(11-3)7-5-2/h7-8H,4-6H2,1-3H3/b9-7+,10-8-. The molecule has 64 valence electrons. The van der Waals surface area contributed by atoms with Crippen LogP contribution in [-0.2, 0) is 4.74 Å². The molecule has 0 aromatic rings. The van der Waals surface area contributed by atoms with Gasteiger partial charge in [0, 0.05) is 6.21 Å². The number of methoxy groups -OCH3 is 1. The van der Waals surface area contributed by atoms with Gasteiger partial charge in [0.1, 0.15) is 0 Å². The van der Waals surface area contributed by atoms with E-state index in [0.717, 1.165) is 25.1 Å². The number of rotatable bonds is 5. The molecule has 0 amide bonds. The van der Waals surface area contributed by atoms with Gasteiger partial charge < -0.3 is 4.74 Å². The van der Waals surface area contributed by atoms with Crippen LogP contribution in [0.15, 0.2) is 17.0 Å². The smallest absolute Gasteiger partial charge is 0.208 e. The molecule has 0 radical (unpaired) electrons. The molecular weight excluding hydrogens is 138 g/mol. The topological polar surface area (TPSA) is 21.6 Å². The Bertz CT molecular complexity index is 138. The fraction of sp³-hybridized carbons (Fsp3) is 0.667. The average Bonchev–Trinajstić information content (AvgIpc) is 2.03. The molecule has 0 N–H and O–H groups in total. The van der Waals surface area contributed by atoms with Gasteiger partial charge in [-0.05, 0) is 18.9 Å². The van der Waals surface area contributed by atoms with Crippen LogP contribution in [0.3, 0.4) is 0 Å². The summed E-state index contributed by atoms with van der Waals surface area (Å²) in [7, 11) is 1.64. The van der Waals surface area contributed by atoms with E-state index >= 15 is 0 Å². The molecule has 0 heterocycles. The summed E-state index contributed by atoms with van der Waals surface area (Å²) in [5.74, 6) is 0.723. The van der Waals surface area contributed by atoms with Crippen molar-refractivity contribution < 1.29 is 4.74 Å². The van der Waals surface area contributed by atoms with Crippen LogP contribution in [0.25, 0.3) is 0 Å². The van der Waals surface area contributed by atoms with Crippen molar-refractivity contribution in [2.75, 3.05) is 7.11 Å². The Kier molecular flexibility index (Phi) is 6.79. The highest BCUT2D eigenvalue weighted by molar-refractivity contribution is 5.58. The third kappa shape index (κ3) is 5.64. The van der Waals surface area contributed by atoms with Crippen LogP contribution in [0, 0.1) is 0 Å². The van der Waals surface area contributed by atoms with E-state index in [1.165, 1.54) is 0 Å². The first-order chi connectivity index (χ1) is 5.35. The van der Waals surface area contributed by atoms with Crippen molar-refractivity contribution in [2.24, 2.45) is 4.99 Å². The zero-order chi connectivity index (χ0) is 8.53. The second kappa shape index (κ2) is 7.32. The second-order valence-electron chi connectivity index (χ2n) is 2.26. The summed E-state index contributed by atoms with van der Waals surface area (Å²) < 4.78 is 5.00. The van der Waals surface area contributed by atoms with E-state index in [2.05, 4.69) is 18.8 Å². The van der Waals surface area contributed by atoms with Gasteiger partial charge in [-0.2, -0.15) is 0 Å². The Morgan fingerprint density at radius 3 is 2.64 bits per heavy atom. The summed E-state index contributed by atoms with van der Waals surface area (Å²) in [6.07, 6.45) is 6.97. The van der Waals surface area contributed by atoms with E-state index in [-0.39, 0.29) is 0 Å². The van der Waals surface area contributed by atoms with Crippen LogP contribution < -0.4 is 0 Å². The summed E-state index contributed by atoms with van der Waals surface area (Å²) in [6.45, 7) is 4.19. The van der Waals surface area contributed by atoms with E-state index < -0.39 is 0 Å². The molecule has 0 aliphatic rings. The first-order valence-corrected chi connectivity index (χ1v) is 4.11. The SMILES string of the molecule is CC/C=C(\N=C/CCC)OC. The highest BCUT2D eigenvalue weighted by atomic mass is 16.5. The van der Waals surface area contributed by atoms with Gasteiger partial charge in [-0.25, -0.2) is 4.99 Å². The average molecular weight is 155 g/mol. The van der Waals surface area contributed by atoms with Crippen molar-refractivity contribution in [3.63, 3.8) is 0 Å². The summed E-state index contributed by atoms with van der Waals surface area (Å²) >= 11 is 0. The number of ether oxygens (including phenoxy) is 1. The second-order valence-corrected chi connectivity index (χ2v) is 2.26. The van der Waals surface area contributed by atoms with Gasteiger partial charge in [-0.3, -0.25) is 0 Å². The maximum Gasteiger partial charge on any atom is 0.208 e. The van der Waals surface area contributed by atoms with Crippen molar-refractivity contribution in [3.05, 3.63) is 12.0 Å². The zero-order valence-corrected chi connectivity index (χ0v) is 7.63. The van der Waals surface area contributed by atoms with Crippen molar-refractivity contribution in [3.8, 4) is 0 Å². The molecule has 0 aliphatic heterocycles. The van der Waals surface area contributed by atoms with Gasteiger partial charge in [0.2, 0.25) is 5.88 Å². The monoisotopic (exact) mass is 155 g/mol. The van der Waals surface area contributed by atoms with Gasteiger partial charge >= 0.3 is 0 Å². The molecule has 0 aliphatic carbocycles. The number of hydrogen-bond donors (Lipinski definition) is 0. The van der Waals surface area contributed by atoms with Crippen LogP contribution in [0.5, 0.6) is 0 Å². The molecule has 0 aromatic carbocycles. The van der Waals surface area contributed by atoms with Gasteiger partial charge in [-0.15, -0.1) is 0 Å². The number of aliphatic imine (C=N–C) groups is 1. The van der Waals surface area contributed by atoms with Crippen LogP contribution >= 0.6 is 0 Å². The molecule has 0 rings (SSSR count). The fourth-order valence-electron chi connectivity index (χ4n) is 0.647. The van der Waals surface area contributed by atoms with Crippen LogP contribution in [0.2, 0.25) is 0 Å². The van der Waals surface area contributed by atoms with Crippen molar-refractivity contribution >= 4 is 6.21 Å². The lowest BCUT2D eigenvalue weighted by molar-refractivity contribution is 0.287. The maximum absolute atomic E-state index is 5.00. The quantitative estimate of drug-likeness (QED) is 0.442. The fourth-order valence-corrected chi connectivity index (χ4v) is 0.647. The van der Waals surface area contributed by atoms with Crippen LogP contribution in [-0.4, -0.2) is 13.3 Å². The molecule has 0 saturated carbocycles. The summed E-state index contributed by atoms with van der Waals surface area (Å²) in [5, 5.41) is 0. The molecule has 0 saturated heterocycles. The summed E-state index contributed by atoms with van der Waals surface area (Å²) in [6, 6.07) is 0. The Labute approximate surface area is 69.0 Å². The van der Waals surface area contributed by atoms with Crippen molar-refractivity contribution in [1.82, 2.24) is 0 Å². The predicted molar refractivity (Wildman–Crippen MR) is 48.8 cm³/mol. The summed E-state index contributed by atoms with van der Waals surface area (Å²) in [5.41, 5.74) is 0. The van der Waals surface area contributed by atoms with Gasteiger partial charge in [0.15, 0.2) is 0 Å². The molecule has 0 spiro atoms. The minimum Gasteiger partial charge on any atom is -0.481 e. The number of nitrogens with zero attached hydrogens (tertiary/aromatic N) is 1. The van der Waals surface area contributed by atoms with E-state index in [0.29, 0.717) is 0 Å². The van der Waals surface area contributed by atoms with Crippen molar-refractivity contribution in [1.29, 1.82) is 0 Å². The minimum atomic E-state index is 0.723. The van der Waals surface area contributed by atoms with E-state index in [1.807, 2.05) is 12.3 Å². The molecule has 0 bridgehead atoms. The highest BCUT2D eigenvalue weighted by Crippen LogP contribution is 1.98. The molecule has 2 heteroatoms. The lowest BCUT2D eigenvalue weighted by Gasteiger charge is -1.96. The largest absolute Gasteiger partial charge is 0.481 e. The van der Waals surface area contributed by atoms with Crippen LogP contribution in [0.4, 0.5) is 0 Å². The molecule has 0 fully saturated rings. The number of allylic oxidation sites excluding steroid dienone is 1. The van der Waals surface area contributed by atoms with E-state index in [4.69, 9.17) is 4.74 Å². The predicted octanol–water partition coefficient (Wildman–Crippen LogP) is 2.76. The maximum atomic E-state index is 5.00. The highest BCUT2D eigenvalue weighted by Gasteiger charge is 1.86. The molecular formula is C9H17NO. The van der Waals surface area contributed by atoms with Crippen LogP contribution in [0.1, 0.15) is 33.1 Å². The van der Waals surface area contributed by atoms with Crippen molar-refractivity contribution in [2.45, 2.75) is 33.1 Å². The Balaban J connectivity index is 3.76. The lowest BCUT2D eigenvalue weighted by Crippen LogP contribution is -1.83. The lowest BCUT2D eigenvalue weighted by atomic mass is 10.4. The Hall–Kier alpha value is -0.790. The van der Waals surface area contributed by atoms with E-state index in [9.17, 15) is 0 Å². The van der Waals surface area contributed by atoms with Gasteiger partial charge in [0.05, 0.1) is 7.11 Å². The van der Waals surface area contributed by atoms with Gasteiger partial charge in [0.25, 0.3) is 0 Å². The molecule has 2 nitrogen and oxygen atoms in total. The molecule has 0 unspecified atom stereocenters. The first kappa shape index (κ1) is 10.2.